The number of nitrogens with zero attached hydrogens (tertiary/aromatic N) is 1. The van der Waals surface area contributed by atoms with Crippen molar-refractivity contribution in [3.8, 4) is 0 Å². The van der Waals surface area contributed by atoms with E-state index in [4.69, 9.17) is 13.0 Å². The van der Waals surface area contributed by atoms with Crippen LogP contribution in [0.1, 0.15) is 0 Å². The minimum absolute atomic E-state index is 1.12. The average molecular weight is 286 g/mol. The Hall–Kier alpha value is -1.32. The van der Waals surface area contributed by atoms with E-state index in [9.17, 15) is 13.2 Å². The first-order chi connectivity index (χ1) is 8.04. The molecule has 0 radical (unpaired) electrons. The van der Waals surface area contributed by atoms with Gasteiger partial charge in [0.1, 0.15) is 0 Å². The zero-order valence-electron chi connectivity index (χ0n) is 9.64. The Labute approximate surface area is 103 Å². The largest absolute Gasteiger partial charge is 0.522 e. The van der Waals surface area contributed by atoms with Gasteiger partial charge in [0.2, 0.25) is 0 Å². The molecule has 0 aliphatic rings. The third-order valence-corrected chi connectivity index (χ3v) is 2.00. The molecular formula is C9H13F3N2O3S. The second kappa shape index (κ2) is 6.57. The highest BCUT2D eigenvalue weighted by Gasteiger charge is 2.44. The van der Waals surface area contributed by atoms with Crippen molar-refractivity contribution in [3.63, 3.8) is 0 Å². The molecule has 1 rings (SSSR count). The molecule has 1 aromatic carbocycles. The number of rotatable bonds is 2. The van der Waals surface area contributed by atoms with Crippen molar-refractivity contribution in [2.24, 2.45) is 0 Å². The topological polar surface area (TPSA) is 69.6 Å². The first kappa shape index (κ1) is 16.7. The highest BCUT2D eigenvalue weighted by atomic mass is 32.2. The maximum Gasteiger partial charge on any atom is 0.522 e. The maximum absolute atomic E-state index is 10.7. The summed E-state index contributed by atoms with van der Waals surface area (Å²) in [6, 6.07) is 10.1. The van der Waals surface area contributed by atoms with Crippen molar-refractivity contribution in [3.05, 3.63) is 30.3 Å². The minimum atomic E-state index is -5.84. The third kappa shape index (κ3) is 7.09. The molecule has 0 saturated heterocycles. The summed E-state index contributed by atoms with van der Waals surface area (Å²) in [5, 5.41) is 1.91. The van der Waals surface area contributed by atoms with Gasteiger partial charge in [-0.1, -0.05) is 18.2 Å². The maximum atomic E-state index is 10.7. The standard InChI is InChI=1S/C8H12N2.CHF3O3S/c1-10(2)9-8-6-4-3-5-7-8;2-1(3,4)8(5,6)7/h3-7,9H,1-2H3;(H,5,6,7). The van der Waals surface area contributed by atoms with Crippen LogP contribution in [0.2, 0.25) is 0 Å². The Morgan fingerprint density at radius 1 is 1.17 bits per heavy atom. The van der Waals surface area contributed by atoms with E-state index in [1.807, 2.05) is 49.4 Å². The Balaban J connectivity index is 0.000000331. The molecule has 2 N–H and O–H groups in total. The van der Waals surface area contributed by atoms with Crippen molar-refractivity contribution >= 4 is 15.8 Å². The summed E-state index contributed by atoms with van der Waals surface area (Å²) in [4.78, 5) is 0. The smallest absolute Gasteiger partial charge is 0.319 e. The number of hydrazine groups is 1. The predicted molar refractivity (Wildman–Crippen MR) is 61.4 cm³/mol. The number of hydrogen-bond donors (Lipinski definition) is 2. The van der Waals surface area contributed by atoms with Crippen LogP contribution >= 0.6 is 0 Å². The van der Waals surface area contributed by atoms with Gasteiger partial charge in [-0.3, -0.25) is 4.55 Å². The van der Waals surface area contributed by atoms with Gasteiger partial charge >= 0.3 is 15.6 Å². The lowest BCUT2D eigenvalue weighted by atomic mass is 10.3. The zero-order valence-corrected chi connectivity index (χ0v) is 10.5. The molecule has 0 heterocycles. The number of para-hydroxylation sites is 1. The second-order valence-electron chi connectivity index (χ2n) is 3.29. The number of nitrogens with one attached hydrogen (secondary N) is 1. The van der Waals surface area contributed by atoms with E-state index in [1.54, 1.807) is 0 Å². The van der Waals surface area contributed by atoms with Crippen LogP contribution in [-0.2, 0) is 10.1 Å². The van der Waals surface area contributed by atoms with Crippen LogP contribution in [0, 0.1) is 0 Å². The summed E-state index contributed by atoms with van der Waals surface area (Å²) in [7, 11) is -1.91. The van der Waals surface area contributed by atoms with E-state index in [1.165, 1.54) is 0 Å². The van der Waals surface area contributed by atoms with Crippen molar-refractivity contribution in [1.29, 1.82) is 0 Å². The van der Waals surface area contributed by atoms with Gasteiger partial charge in [-0.2, -0.15) is 21.6 Å². The molecule has 5 nitrogen and oxygen atoms in total. The molecule has 1 aromatic rings. The third-order valence-electron chi connectivity index (χ3n) is 1.42. The Morgan fingerprint density at radius 3 is 1.83 bits per heavy atom. The SMILES string of the molecule is CN(C)Nc1ccccc1.O=S(=O)(O)C(F)(F)F. The molecular weight excluding hydrogens is 273 g/mol. The fourth-order valence-corrected chi connectivity index (χ4v) is 0.771. The lowest BCUT2D eigenvalue weighted by molar-refractivity contribution is -0.0510. The summed E-state index contributed by atoms with van der Waals surface area (Å²) >= 11 is 0. The molecule has 0 saturated carbocycles. The molecule has 0 aliphatic carbocycles. The normalized spacial score (nSPS) is 11.7. The number of halogens is 3. The lowest BCUT2D eigenvalue weighted by Crippen LogP contribution is -2.21. The molecule has 9 heteroatoms. The van der Waals surface area contributed by atoms with Gasteiger partial charge in [0, 0.05) is 19.8 Å². The molecule has 18 heavy (non-hydrogen) atoms. The van der Waals surface area contributed by atoms with Crippen LogP contribution < -0.4 is 5.43 Å². The summed E-state index contributed by atoms with van der Waals surface area (Å²) in [5.74, 6) is 0. The Bertz CT molecular complexity index is 446. The van der Waals surface area contributed by atoms with E-state index in [0.29, 0.717) is 0 Å². The molecule has 0 amide bonds. The van der Waals surface area contributed by atoms with E-state index >= 15 is 0 Å². The van der Waals surface area contributed by atoms with Crippen molar-refractivity contribution in [1.82, 2.24) is 5.01 Å². The monoisotopic (exact) mass is 286 g/mol. The highest BCUT2D eigenvalue weighted by Crippen LogP contribution is 2.20. The van der Waals surface area contributed by atoms with Gasteiger partial charge < -0.3 is 5.43 Å². The van der Waals surface area contributed by atoms with E-state index in [2.05, 4.69) is 5.43 Å². The van der Waals surface area contributed by atoms with Crippen LogP contribution in [0.25, 0.3) is 0 Å². The van der Waals surface area contributed by atoms with Gasteiger partial charge in [0.25, 0.3) is 0 Å². The molecule has 0 aliphatic heterocycles. The average Bonchev–Trinajstić information content (AvgIpc) is 2.15. The second-order valence-corrected chi connectivity index (χ2v) is 4.71. The fourth-order valence-electron chi connectivity index (χ4n) is 0.771. The van der Waals surface area contributed by atoms with Gasteiger partial charge in [0.05, 0.1) is 0 Å². The van der Waals surface area contributed by atoms with Gasteiger partial charge in [-0.25, -0.2) is 5.01 Å². The van der Waals surface area contributed by atoms with Gasteiger partial charge in [0.15, 0.2) is 0 Å². The lowest BCUT2D eigenvalue weighted by Gasteiger charge is -2.12. The molecule has 104 valence electrons. The minimum Gasteiger partial charge on any atom is -0.319 e. The quantitative estimate of drug-likeness (QED) is 0.494. The van der Waals surface area contributed by atoms with Crippen molar-refractivity contribution in [2.45, 2.75) is 5.51 Å². The number of alkyl halides is 3. The molecule has 0 spiro atoms. The van der Waals surface area contributed by atoms with Gasteiger partial charge in [-0.05, 0) is 12.1 Å². The summed E-state index contributed by atoms with van der Waals surface area (Å²) in [6.07, 6.45) is 0. The number of benzene rings is 1. The van der Waals surface area contributed by atoms with Crippen LogP contribution in [0.3, 0.4) is 0 Å². The number of hydrogen-bond acceptors (Lipinski definition) is 4. The fraction of sp³-hybridized carbons (Fsp3) is 0.333. The molecule has 0 aromatic heterocycles. The first-order valence-corrected chi connectivity index (χ1v) is 6.01. The predicted octanol–water partition coefficient (Wildman–Crippen LogP) is 1.97. The van der Waals surface area contributed by atoms with Crippen molar-refractivity contribution < 1.29 is 26.1 Å². The van der Waals surface area contributed by atoms with Crippen LogP contribution in [0.4, 0.5) is 18.9 Å². The van der Waals surface area contributed by atoms with Gasteiger partial charge in [-0.15, -0.1) is 0 Å². The summed E-state index contributed by atoms with van der Waals surface area (Å²) in [5.41, 5.74) is -1.28. The van der Waals surface area contributed by atoms with Crippen molar-refractivity contribution in [2.75, 3.05) is 19.5 Å². The molecule has 0 bridgehead atoms. The molecule has 0 atom stereocenters. The van der Waals surface area contributed by atoms with E-state index in [0.717, 1.165) is 5.69 Å². The summed E-state index contributed by atoms with van der Waals surface area (Å²) < 4.78 is 57.5. The Morgan fingerprint density at radius 2 is 1.56 bits per heavy atom. The Kier molecular flexibility index (Phi) is 6.09. The van der Waals surface area contributed by atoms with Crippen LogP contribution in [-0.4, -0.2) is 37.6 Å². The zero-order chi connectivity index (χ0) is 14.4. The van der Waals surface area contributed by atoms with E-state index < -0.39 is 15.6 Å². The molecule has 0 unspecified atom stereocenters. The number of anilines is 1. The van der Waals surface area contributed by atoms with E-state index in [-0.39, 0.29) is 0 Å². The first-order valence-electron chi connectivity index (χ1n) is 4.57. The van der Waals surface area contributed by atoms with Crippen LogP contribution in [0.5, 0.6) is 0 Å². The molecule has 0 fully saturated rings. The van der Waals surface area contributed by atoms with Crippen LogP contribution in [0.15, 0.2) is 30.3 Å². The summed E-state index contributed by atoms with van der Waals surface area (Å²) in [6.45, 7) is 0. The highest BCUT2D eigenvalue weighted by molar-refractivity contribution is 7.86.